The molecule has 2 aromatic heterocycles. The first-order valence-electron chi connectivity index (χ1n) is 6.35. The molecule has 6 heteroatoms. The number of aromatic nitrogens is 4. The summed E-state index contributed by atoms with van der Waals surface area (Å²) < 4.78 is 7.62. The Labute approximate surface area is 116 Å². The third kappa shape index (κ3) is 2.40. The number of nitrogens with zero attached hydrogens (tertiary/aromatic N) is 4. The number of nitrogen functional groups attached to an aromatic ring is 1. The maximum Gasteiger partial charge on any atom is 0.165 e. The molecule has 3 rings (SSSR count). The van der Waals surface area contributed by atoms with Crippen molar-refractivity contribution in [3.8, 4) is 5.75 Å². The molecule has 0 bridgehead atoms. The molecule has 0 atom stereocenters. The van der Waals surface area contributed by atoms with Gasteiger partial charge in [-0.05, 0) is 24.6 Å². The van der Waals surface area contributed by atoms with Crippen LogP contribution >= 0.6 is 0 Å². The zero-order valence-corrected chi connectivity index (χ0v) is 11.2. The summed E-state index contributed by atoms with van der Waals surface area (Å²) in [6.45, 7) is 3.23. The minimum atomic E-state index is 0.397. The van der Waals surface area contributed by atoms with E-state index >= 15 is 0 Å². The second-order valence-electron chi connectivity index (χ2n) is 4.53. The fraction of sp³-hybridized carbons (Fsp3) is 0.214. The number of benzene rings is 1. The van der Waals surface area contributed by atoms with Gasteiger partial charge >= 0.3 is 0 Å². The maximum absolute atomic E-state index is 5.75. The van der Waals surface area contributed by atoms with Crippen LogP contribution in [0.2, 0.25) is 0 Å². The van der Waals surface area contributed by atoms with Crippen LogP contribution in [0, 0.1) is 6.92 Å². The van der Waals surface area contributed by atoms with E-state index in [0.29, 0.717) is 24.5 Å². The molecule has 0 fully saturated rings. The van der Waals surface area contributed by atoms with Gasteiger partial charge in [0.1, 0.15) is 24.2 Å². The summed E-state index contributed by atoms with van der Waals surface area (Å²) in [6, 6.07) is 7.96. The van der Waals surface area contributed by atoms with E-state index in [4.69, 9.17) is 10.5 Å². The van der Waals surface area contributed by atoms with Crippen LogP contribution in [0.5, 0.6) is 5.75 Å². The van der Waals surface area contributed by atoms with Gasteiger partial charge in [-0.15, -0.1) is 0 Å². The Kier molecular flexibility index (Phi) is 3.20. The molecule has 20 heavy (non-hydrogen) atoms. The molecule has 0 aliphatic heterocycles. The van der Waals surface area contributed by atoms with Gasteiger partial charge in [-0.25, -0.2) is 15.0 Å². The smallest absolute Gasteiger partial charge is 0.165 e. The quantitative estimate of drug-likeness (QED) is 0.781. The number of hydrogen-bond acceptors (Lipinski definition) is 5. The van der Waals surface area contributed by atoms with Gasteiger partial charge in [0.05, 0.1) is 12.9 Å². The lowest BCUT2D eigenvalue weighted by Crippen LogP contribution is -2.08. The van der Waals surface area contributed by atoms with Crippen molar-refractivity contribution >= 4 is 17.0 Å². The van der Waals surface area contributed by atoms with E-state index in [-0.39, 0.29) is 0 Å². The fourth-order valence-electron chi connectivity index (χ4n) is 2.03. The third-order valence-corrected chi connectivity index (χ3v) is 3.02. The van der Waals surface area contributed by atoms with Gasteiger partial charge in [0, 0.05) is 0 Å². The first-order chi connectivity index (χ1) is 9.74. The van der Waals surface area contributed by atoms with Gasteiger partial charge in [0.15, 0.2) is 11.5 Å². The maximum atomic E-state index is 5.75. The van der Waals surface area contributed by atoms with Crippen LogP contribution in [0.1, 0.15) is 5.56 Å². The van der Waals surface area contributed by atoms with Crippen LogP contribution in [0.25, 0.3) is 11.2 Å². The van der Waals surface area contributed by atoms with E-state index in [1.807, 2.05) is 35.8 Å². The van der Waals surface area contributed by atoms with Crippen molar-refractivity contribution < 1.29 is 4.74 Å². The molecule has 2 N–H and O–H groups in total. The molecule has 0 saturated carbocycles. The summed E-state index contributed by atoms with van der Waals surface area (Å²) in [5.74, 6) is 1.26. The molecule has 0 aliphatic rings. The normalized spacial score (nSPS) is 10.8. The summed E-state index contributed by atoms with van der Waals surface area (Å²) >= 11 is 0. The lowest BCUT2D eigenvalue weighted by molar-refractivity contribution is 0.299. The Bertz CT molecular complexity index is 737. The van der Waals surface area contributed by atoms with Crippen molar-refractivity contribution in [2.45, 2.75) is 13.5 Å². The van der Waals surface area contributed by atoms with Gasteiger partial charge in [0.2, 0.25) is 0 Å². The van der Waals surface area contributed by atoms with E-state index in [0.717, 1.165) is 11.4 Å². The molecule has 2 heterocycles. The molecular weight excluding hydrogens is 254 g/mol. The molecule has 0 radical (unpaired) electrons. The van der Waals surface area contributed by atoms with E-state index in [1.54, 1.807) is 6.33 Å². The van der Waals surface area contributed by atoms with Gasteiger partial charge in [0.25, 0.3) is 0 Å². The van der Waals surface area contributed by atoms with Crippen molar-refractivity contribution in [1.29, 1.82) is 0 Å². The summed E-state index contributed by atoms with van der Waals surface area (Å²) in [7, 11) is 0. The molecule has 1 aromatic carbocycles. The Hall–Kier alpha value is -2.63. The average molecular weight is 269 g/mol. The van der Waals surface area contributed by atoms with Gasteiger partial charge in [-0.2, -0.15) is 0 Å². The topological polar surface area (TPSA) is 78.9 Å². The molecular formula is C14H15N5O. The SMILES string of the molecule is Cc1cccc(OCCn2cnc3c(N)ncnc32)c1. The van der Waals surface area contributed by atoms with Gasteiger partial charge < -0.3 is 15.0 Å². The highest BCUT2D eigenvalue weighted by Gasteiger charge is 2.07. The summed E-state index contributed by atoms with van der Waals surface area (Å²) in [5.41, 5.74) is 8.28. The van der Waals surface area contributed by atoms with E-state index < -0.39 is 0 Å². The lowest BCUT2D eigenvalue weighted by atomic mass is 10.2. The average Bonchev–Trinajstić information content (AvgIpc) is 2.84. The fourth-order valence-corrected chi connectivity index (χ4v) is 2.03. The van der Waals surface area contributed by atoms with Crippen LogP contribution in [0.3, 0.4) is 0 Å². The zero-order chi connectivity index (χ0) is 13.9. The molecule has 0 unspecified atom stereocenters. The first-order valence-corrected chi connectivity index (χ1v) is 6.35. The Balaban J connectivity index is 1.70. The zero-order valence-electron chi connectivity index (χ0n) is 11.2. The number of fused-ring (bicyclic) bond motifs is 1. The number of anilines is 1. The lowest BCUT2D eigenvalue weighted by Gasteiger charge is -2.07. The number of rotatable bonds is 4. The number of nitrogens with two attached hydrogens (primary N) is 1. The van der Waals surface area contributed by atoms with Gasteiger partial charge in [-0.3, -0.25) is 0 Å². The highest BCUT2D eigenvalue weighted by atomic mass is 16.5. The molecule has 3 aromatic rings. The van der Waals surface area contributed by atoms with Crippen LogP contribution in [-0.2, 0) is 6.54 Å². The Morgan fingerprint density at radius 1 is 1.25 bits per heavy atom. The predicted molar refractivity (Wildman–Crippen MR) is 76.4 cm³/mol. The Morgan fingerprint density at radius 2 is 2.15 bits per heavy atom. The van der Waals surface area contributed by atoms with E-state index in [9.17, 15) is 0 Å². The van der Waals surface area contributed by atoms with Crippen molar-refractivity contribution in [2.75, 3.05) is 12.3 Å². The molecule has 0 amide bonds. The number of hydrogen-bond donors (Lipinski definition) is 1. The van der Waals surface area contributed by atoms with Crippen molar-refractivity contribution in [2.24, 2.45) is 0 Å². The van der Waals surface area contributed by atoms with Crippen LogP contribution < -0.4 is 10.5 Å². The van der Waals surface area contributed by atoms with Crippen LogP contribution in [0.15, 0.2) is 36.9 Å². The molecule has 0 saturated heterocycles. The number of imidazole rings is 1. The van der Waals surface area contributed by atoms with Crippen molar-refractivity contribution in [3.63, 3.8) is 0 Å². The second kappa shape index (κ2) is 5.16. The van der Waals surface area contributed by atoms with Crippen molar-refractivity contribution in [3.05, 3.63) is 42.5 Å². The summed E-state index contributed by atoms with van der Waals surface area (Å²) in [6.07, 6.45) is 3.15. The molecule has 102 valence electrons. The highest BCUT2D eigenvalue weighted by Crippen LogP contribution is 2.15. The summed E-state index contributed by atoms with van der Waals surface area (Å²) in [5, 5.41) is 0. The third-order valence-electron chi connectivity index (χ3n) is 3.02. The monoisotopic (exact) mass is 269 g/mol. The minimum Gasteiger partial charge on any atom is -0.492 e. The minimum absolute atomic E-state index is 0.397. The highest BCUT2D eigenvalue weighted by molar-refractivity contribution is 5.81. The van der Waals surface area contributed by atoms with Gasteiger partial charge in [-0.1, -0.05) is 12.1 Å². The second-order valence-corrected chi connectivity index (χ2v) is 4.53. The van der Waals surface area contributed by atoms with E-state index in [2.05, 4.69) is 15.0 Å². The molecule has 6 nitrogen and oxygen atoms in total. The van der Waals surface area contributed by atoms with Crippen LogP contribution in [-0.4, -0.2) is 26.1 Å². The Morgan fingerprint density at radius 3 is 3.00 bits per heavy atom. The first kappa shape index (κ1) is 12.4. The summed E-state index contributed by atoms with van der Waals surface area (Å²) in [4.78, 5) is 12.3. The molecule has 0 aliphatic carbocycles. The predicted octanol–water partition coefficient (Wildman–Crippen LogP) is 1.80. The molecule has 0 spiro atoms. The standard InChI is InChI=1S/C14H15N5O/c1-10-3-2-4-11(7-10)20-6-5-19-9-18-12-13(15)16-8-17-14(12)19/h2-4,7-9H,5-6H2,1H3,(H2,15,16,17). The number of ether oxygens (including phenoxy) is 1. The number of aryl methyl sites for hydroxylation is 1. The largest absolute Gasteiger partial charge is 0.492 e. The van der Waals surface area contributed by atoms with E-state index in [1.165, 1.54) is 11.9 Å². The van der Waals surface area contributed by atoms with Crippen molar-refractivity contribution in [1.82, 2.24) is 19.5 Å². The van der Waals surface area contributed by atoms with Crippen LogP contribution in [0.4, 0.5) is 5.82 Å².